The lowest BCUT2D eigenvalue weighted by atomic mass is 10.2. The van der Waals surface area contributed by atoms with Crippen LogP contribution < -0.4 is 19.7 Å². The molecule has 1 heterocycles. The fourth-order valence-corrected chi connectivity index (χ4v) is 3.31. The van der Waals surface area contributed by atoms with Crippen molar-refractivity contribution in [3.8, 4) is 11.5 Å². The van der Waals surface area contributed by atoms with Gasteiger partial charge >= 0.3 is 0 Å². The van der Waals surface area contributed by atoms with Crippen molar-refractivity contribution in [1.82, 2.24) is 15.2 Å². The maximum Gasteiger partial charge on any atom is 0.253 e. The molecule has 0 aliphatic heterocycles. The molecule has 1 aromatic carbocycles. The number of hydrogen-bond acceptors (Lipinski definition) is 6. The zero-order chi connectivity index (χ0) is 22.6. The van der Waals surface area contributed by atoms with E-state index >= 15 is 0 Å². The van der Waals surface area contributed by atoms with Crippen LogP contribution in [-0.4, -0.2) is 62.2 Å². The highest BCUT2D eigenvalue weighted by atomic mass is 16.5. The first-order valence-corrected chi connectivity index (χ1v) is 11.1. The number of amides is 1. The number of likely N-dealkylation sites (N-methyl/N-ethyl adjacent to an activating group) is 1. The van der Waals surface area contributed by atoms with E-state index in [2.05, 4.69) is 47.8 Å². The van der Waals surface area contributed by atoms with Gasteiger partial charge in [0.15, 0.2) is 11.5 Å². The Morgan fingerprint density at radius 1 is 1.00 bits per heavy atom. The third-order valence-corrected chi connectivity index (χ3v) is 5.34. The van der Waals surface area contributed by atoms with Crippen molar-refractivity contribution in [3.05, 3.63) is 47.7 Å². The van der Waals surface area contributed by atoms with Gasteiger partial charge in [-0.05, 0) is 56.8 Å². The zero-order valence-corrected chi connectivity index (χ0v) is 19.5. The third kappa shape index (κ3) is 7.14. The first-order valence-electron chi connectivity index (χ1n) is 11.1. The van der Waals surface area contributed by atoms with Crippen LogP contribution in [0.4, 0.5) is 5.82 Å². The maximum absolute atomic E-state index is 12.5. The monoisotopic (exact) mass is 428 g/mol. The number of benzene rings is 1. The highest BCUT2D eigenvalue weighted by Crippen LogP contribution is 2.28. The van der Waals surface area contributed by atoms with Gasteiger partial charge in [-0.3, -0.25) is 4.79 Å². The topological polar surface area (TPSA) is 66.9 Å². The summed E-state index contributed by atoms with van der Waals surface area (Å²) < 4.78 is 11.4. The van der Waals surface area contributed by atoms with E-state index in [-0.39, 0.29) is 5.91 Å². The average molecular weight is 429 g/mol. The van der Waals surface area contributed by atoms with Crippen molar-refractivity contribution in [3.63, 3.8) is 0 Å². The van der Waals surface area contributed by atoms with Gasteiger partial charge in [0.25, 0.3) is 5.91 Å². The molecule has 1 N–H and O–H groups in total. The summed E-state index contributed by atoms with van der Waals surface area (Å²) in [7, 11) is 1.62. The second-order valence-electron chi connectivity index (χ2n) is 7.12. The van der Waals surface area contributed by atoms with Gasteiger partial charge in [-0.2, -0.15) is 0 Å². The summed E-state index contributed by atoms with van der Waals surface area (Å²) in [5.74, 6) is 2.09. The van der Waals surface area contributed by atoms with Gasteiger partial charge in [0.05, 0.1) is 12.7 Å². The number of hydrogen-bond donors (Lipinski definition) is 1. The molecular formula is C24H36N4O3. The second-order valence-corrected chi connectivity index (χ2v) is 7.12. The minimum atomic E-state index is -0.155. The van der Waals surface area contributed by atoms with E-state index in [1.807, 2.05) is 30.3 Å². The number of carbonyl (C=O) groups is 1. The smallest absolute Gasteiger partial charge is 0.253 e. The standard InChI is InChI=1S/C24H36N4O3/c1-6-27(7-2)14-15-31-21-12-10-19(16-22(21)30-5)17-26-24(29)20-11-13-23(25-18-20)28(8-3)9-4/h10-13,16,18H,6-9,14-15,17H2,1-5H3,(H,26,29). The van der Waals surface area contributed by atoms with Gasteiger partial charge in [0.2, 0.25) is 0 Å². The van der Waals surface area contributed by atoms with Crippen LogP contribution in [0, 0.1) is 0 Å². The fraction of sp³-hybridized carbons (Fsp3) is 0.500. The summed E-state index contributed by atoms with van der Waals surface area (Å²) in [5, 5.41) is 2.94. The molecule has 0 saturated heterocycles. The lowest BCUT2D eigenvalue weighted by Crippen LogP contribution is -2.28. The van der Waals surface area contributed by atoms with Crippen LogP contribution in [0.2, 0.25) is 0 Å². The molecule has 0 fully saturated rings. The predicted octanol–water partition coefficient (Wildman–Crippen LogP) is 3.59. The molecule has 1 aromatic heterocycles. The van der Waals surface area contributed by atoms with Gasteiger partial charge in [-0.15, -0.1) is 0 Å². The van der Waals surface area contributed by atoms with Crippen molar-refractivity contribution >= 4 is 11.7 Å². The van der Waals surface area contributed by atoms with Gasteiger partial charge in [0.1, 0.15) is 12.4 Å². The van der Waals surface area contributed by atoms with Crippen LogP contribution in [0.1, 0.15) is 43.6 Å². The van der Waals surface area contributed by atoms with Crippen molar-refractivity contribution < 1.29 is 14.3 Å². The third-order valence-electron chi connectivity index (χ3n) is 5.34. The number of aromatic nitrogens is 1. The number of carbonyl (C=O) groups excluding carboxylic acids is 1. The molecule has 31 heavy (non-hydrogen) atoms. The van der Waals surface area contributed by atoms with Crippen molar-refractivity contribution in [2.24, 2.45) is 0 Å². The molecule has 0 bridgehead atoms. The Morgan fingerprint density at radius 3 is 2.32 bits per heavy atom. The molecule has 170 valence electrons. The first-order chi connectivity index (χ1) is 15.1. The lowest BCUT2D eigenvalue weighted by Gasteiger charge is -2.19. The second kappa shape index (κ2) is 12.8. The Hall–Kier alpha value is -2.80. The molecule has 0 aliphatic rings. The summed E-state index contributed by atoms with van der Waals surface area (Å²) in [6, 6.07) is 9.42. The molecule has 0 radical (unpaired) electrons. The molecule has 1 amide bonds. The molecule has 0 spiro atoms. The largest absolute Gasteiger partial charge is 0.493 e. The summed E-state index contributed by atoms with van der Waals surface area (Å²) in [5.41, 5.74) is 1.48. The van der Waals surface area contributed by atoms with Gasteiger partial charge in [0, 0.05) is 32.4 Å². The molecule has 0 atom stereocenters. The Kier molecular flexibility index (Phi) is 10.1. The van der Waals surface area contributed by atoms with E-state index in [0.29, 0.717) is 30.2 Å². The summed E-state index contributed by atoms with van der Waals surface area (Å²) in [4.78, 5) is 21.4. The molecule has 0 aliphatic carbocycles. The highest BCUT2D eigenvalue weighted by Gasteiger charge is 2.11. The molecule has 0 saturated carbocycles. The zero-order valence-electron chi connectivity index (χ0n) is 19.5. The Bertz CT molecular complexity index is 803. The number of pyridine rings is 1. The number of methoxy groups -OCH3 is 1. The van der Waals surface area contributed by atoms with Crippen LogP contribution in [-0.2, 0) is 6.54 Å². The number of rotatable bonds is 13. The lowest BCUT2D eigenvalue weighted by molar-refractivity contribution is 0.0950. The molecule has 7 heteroatoms. The van der Waals surface area contributed by atoms with Crippen LogP contribution in [0.5, 0.6) is 11.5 Å². The maximum atomic E-state index is 12.5. The van der Waals surface area contributed by atoms with Crippen molar-refractivity contribution in [2.75, 3.05) is 51.3 Å². The molecular weight excluding hydrogens is 392 g/mol. The molecule has 2 aromatic rings. The van der Waals surface area contributed by atoms with E-state index in [0.717, 1.165) is 44.1 Å². The number of anilines is 1. The van der Waals surface area contributed by atoms with E-state index in [1.54, 1.807) is 13.3 Å². The summed E-state index contributed by atoms with van der Waals surface area (Å²) in [6.07, 6.45) is 1.62. The summed E-state index contributed by atoms with van der Waals surface area (Å²) in [6.45, 7) is 14.1. The van der Waals surface area contributed by atoms with Crippen LogP contribution in [0.25, 0.3) is 0 Å². The van der Waals surface area contributed by atoms with Crippen LogP contribution in [0.3, 0.4) is 0 Å². The predicted molar refractivity (Wildman–Crippen MR) is 125 cm³/mol. The average Bonchev–Trinajstić information content (AvgIpc) is 2.82. The molecule has 7 nitrogen and oxygen atoms in total. The first kappa shape index (κ1) is 24.5. The minimum absolute atomic E-state index is 0.155. The van der Waals surface area contributed by atoms with E-state index in [1.165, 1.54) is 0 Å². The number of nitrogens with one attached hydrogen (secondary N) is 1. The normalized spacial score (nSPS) is 10.8. The van der Waals surface area contributed by atoms with Crippen molar-refractivity contribution in [2.45, 2.75) is 34.2 Å². The quantitative estimate of drug-likeness (QED) is 0.526. The van der Waals surface area contributed by atoms with Gasteiger partial charge in [-0.1, -0.05) is 19.9 Å². The minimum Gasteiger partial charge on any atom is -0.493 e. The van der Waals surface area contributed by atoms with Gasteiger partial charge in [-0.25, -0.2) is 4.98 Å². The number of ether oxygens (including phenoxy) is 2. The van der Waals surface area contributed by atoms with E-state index < -0.39 is 0 Å². The SMILES string of the molecule is CCN(CC)CCOc1ccc(CNC(=O)c2ccc(N(CC)CC)nc2)cc1OC. The Balaban J connectivity index is 1.93. The van der Waals surface area contributed by atoms with Gasteiger partial charge < -0.3 is 24.6 Å². The number of nitrogens with zero attached hydrogens (tertiary/aromatic N) is 3. The van der Waals surface area contributed by atoms with Crippen LogP contribution >= 0.6 is 0 Å². The highest BCUT2D eigenvalue weighted by molar-refractivity contribution is 5.94. The Morgan fingerprint density at radius 2 is 1.74 bits per heavy atom. The summed E-state index contributed by atoms with van der Waals surface area (Å²) >= 11 is 0. The molecule has 2 rings (SSSR count). The molecule has 0 unspecified atom stereocenters. The van der Waals surface area contributed by atoms with Crippen LogP contribution in [0.15, 0.2) is 36.5 Å². The Labute approximate surface area is 186 Å². The van der Waals surface area contributed by atoms with Crippen molar-refractivity contribution in [1.29, 1.82) is 0 Å². The fourth-order valence-electron chi connectivity index (χ4n) is 3.31. The van der Waals surface area contributed by atoms with E-state index in [4.69, 9.17) is 9.47 Å². The van der Waals surface area contributed by atoms with E-state index in [9.17, 15) is 4.79 Å².